The number of quaternary nitrogens is 1. The molecule has 2 aromatic heterocycles. The van der Waals surface area contributed by atoms with Crippen LogP contribution in [-0.4, -0.2) is 81.0 Å². The van der Waals surface area contributed by atoms with Crippen molar-refractivity contribution >= 4 is 22.9 Å². The zero-order valence-electron chi connectivity index (χ0n) is 24.5. The summed E-state index contributed by atoms with van der Waals surface area (Å²) in [6.45, 7) is 6.92. The lowest BCUT2D eigenvalue weighted by molar-refractivity contribution is -0.879. The number of piperazine rings is 1. The number of ether oxygens (including phenoxy) is 1. The summed E-state index contributed by atoms with van der Waals surface area (Å²) in [7, 11) is 1.74. The highest BCUT2D eigenvalue weighted by molar-refractivity contribution is 5.99. The Morgan fingerprint density at radius 3 is 2.62 bits per heavy atom. The molecule has 0 saturated carbocycles. The third kappa shape index (κ3) is 6.51. The molecule has 220 valence electrons. The predicted molar refractivity (Wildman–Crippen MR) is 164 cm³/mol. The lowest BCUT2D eigenvalue weighted by Crippen LogP contribution is -2.56. The number of aromatic nitrogens is 4. The van der Waals surface area contributed by atoms with Gasteiger partial charge in [-0.25, -0.2) is 4.98 Å². The quantitative estimate of drug-likeness (QED) is 0.163. The van der Waals surface area contributed by atoms with Gasteiger partial charge < -0.3 is 19.6 Å². The van der Waals surface area contributed by atoms with E-state index in [-0.39, 0.29) is 22.5 Å². The van der Waals surface area contributed by atoms with Crippen LogP contribution in [0.2, 0.25) is 0 Å². The Hall–Kier alpha value is -4.12. The number of nitrogens with zero attached hydrogens (tertiary/aromatic N) is 5. The lowest BCUT2D eigenvalue weighted by atomic mass is 10.0. The van der Waals surface area contributed by atoms with Gasteiger partial charge >= 0.3 is 0 Å². The van der Waals surface area contributed by atoms with Crippen molar-refractivity contribution in [3.63, 3.8) is 0 Å². The van der Waals surface area contributed by atoms with Gasteiger partial charge in [0.1, 0.15) is 17.1 Å². The van der Waals surface area contributed by atoms with Gasteiger partial charge in [-0.05, 0) is 43.2 Å². The number of hydroxylamine groups is 3. The monoisotopic (exact) mass is 570 g/mol. The number of nitrogens with one attached hydrogen (secondary N) is 1. The van der Waals surface area contributed by atoms with Crippen molar-refractivity contribution in [1.82, 2.24) is 24.6 Å². The average molecular weight is 571 g/mol. The van der Waals surface area contributed by atoms with E-state index in [1.54, 1.807) is 29.9 Å². The first-order chi connectivity index (χ1) is 20.3. The molecule has 1 saturated heterocycles. The van der Waals surface area contributed by atoms with Crippen LogP contribution in [0.25, 0.3) is 28.5 Å². The number of benzene rings is 2. The van der Waals surface area contributed by atoms with Crippen molar-refractivity contribution in [2.24, 2.45) is 7.05 Å². The molecule has 10 heteroatoms. The zero-order chi connectivity index (χ0) is 29.7. The maximum atomic E-state index is 13.4. The van der Waals surface area contributed by atoms with Gasteiger partial charge in [0.15, 0.2) is 11.3 Å². The number of carbonyl (C=O) groups is 1. The summed E-state index contributed by atoms with van der Waals surface area (Å²) in [5.74, 6) is 0.809. The van der Waals surface area contributed by atoms with Crippen LogP contribution in [0.1, 0.15) is 41.9 Å². The van der Waals surface area contributed by atoms with Crippen molar-refractivity contribution < 1.29 is 14.2 Å². The molecule has 1 N–H and O–H groups in total. The fraction of sp³-hybridized carbons (Fsp3) is 0.375. The molecule has 2 aromatic carbocycles. The highest BCUT2D eigenvalue weighted by atomic mass is 16.5. The Labute approximate surface area is 245 Å². The number of fused-ring (bicyclic) bond motifs is 1. The molecule has 0 bridgehead atoms. The minimum atomic E-state index is -0.295. The summed E-state index contributed by atoms with van der Waals surface area (Å²) in [6, 6.07) is 15.2. The van der Waals surface area contributed by atoms with Gasteiger partial charge in [0, 0.05) is 25.7 Å². The number of hydrogen-bond acceptors (Lipinski definition) is 7. The number of ketones is 1. The number of aryl methyl sites for hydroxylation is 2. The van der Waals surface area contributed by atoms with Crippen molar-refractivity contribution in [2.75, 3.05) is 45.9 Å². The second-order valence-electron chi connectivity index (χ2n) is 10.8. The molecule has 1 aliphatic rings. The number of rotatable bonds is 11. The molecule has 0 spiro atoms. The second kappa shape index (κ2) is 12.8. The van der Waals surface area contributed by atoms with Crippen molar-refractivity contribution in [2.45, 2.75) is 26.7 Å². The van der Waals surface area contributed by atoms with Gasteiger partial charge in [-0.15, -0.1) is 0 Å². The maximum Gasteiger partial charge on any atom is 0.277 e. The van der Waals surface area contributed by atoms with Crippen LogP contribution in [-0.2, 0) is 13.5 Å². The first kappa shape index (κ1) is 29.4. The third-order valence-electron chi connectivity index (χ3n) is 7.67. The topological polar surface area (TPSA) is 116 Å². The molecule has 1 fully saturated rings. The molecule has 10 nitrogen and oxygen atoms in total. The molecule has 4 aromatic rings. The fourth-order valence-electron chi connectivity index (χ4n) is 5.40. The Balaban J connectivity index is 1.31. The normalized spacial score (nSPS) is 15.4. The van der Waals surface area contributed by atoms with E-state index < -0.39 is 0 Å². The van der Waals surface area contributed by atoms with Crippen LogP contribution in [0.3, 0.4) is 0 Å². The van der Waals surface area contributed by atoms with Crippen molar-refractivity contribution in [3.05, 3.63) is 87.0 Å². The predicted octanol–water partition coefficient (Wildman–Crippen LogP) is 4.20. The minimum Gasteiger partial charge on any atom is -0.632 e. The van der Waals surface area contributed by atoms with Crippen molar-refractivity contribution in [3.8, 4) is 17.1 Å². The molecule has 42 heavy (non-hydrogen) atoms. The Morgan fingerprint density at radius 1 is 1.14 bits per heavy atom. The number of hydrogen-bond donors (Lipinski definition) is 1. The van der Waals surface area contributed by atoms with E-state index in [2.05, 4.69) is 17.0 Å². The molecule has 5 rings (SSSR count). The highest BCUT2D eigenvalue weighted by Crippen LogP contribution is 2.30. The average Bonchev–Trinajstić information content (AvgIpc) is 3.30. The minimum absolute atomic E-state index is 0.0642. The van der Waals surface area contributed by atoms with Crippen LogP contribution in [0.4, 0.5) is 0 Å². The maximum absolute atomic E-state index is 13.4. The molecular formula is C32H38N6O4. The summed E-state index contributed by atoms with van der Waals surface area (Å²) in [5.41, 5.74) is 3.56. The van der Waals surface area contributed by atoms with E-state index in [0.29, 0.717) is 79.5 Å². The molecule has 0 unspecified atom stereocenters. The summed E-state index contributed by atoms with van der Waals surface area (Å²) < 4.78 is 7.12. The first-order valence-electron chi connectivity index (χ1n) is 14.6. The number of H-pyrrole nitrogens is 1. The summed E-state index contributed by atoms with van der Waals surface area (Å²) in [5, 5.41) is 17.7. The second-order valence-corrected chi connectivity index (χ2v) is 10.8. The third-order valence-corrected chi connectivity index (χ3v) is 7.67. The smallest absolute Gasteiger partial charge is 0.277 e. The van der Waals surface area contributed by atoms with Crippen LogP contribution in [0.5, 0.6) is 5.75 Å². The Bertz CT molecular complexity index is 1630. The standard InChI is InChI=1S/C32H38N6O4/c1-4-10-26-29-30(36(3)35-26)32(40)34-31(33-29)25-21-24(14-15-28(25)42-5-2)27(39)22-37-16-19-38(41,20-17-37)18-9-13-23-11-7-6-8-12-23/h6-9,11-15,21H,4-5,10,16-20,22H2,1-3H3,(H,33,34,40). The number of aromatic amines is 1. The molecule has 1 aliphatic heterocycles. The molecule has 0 atom stereocenters. The molecule has 3 heterocycles. The number of Topliss-reactive ketones (excluding diaryl/α,β-unsaturated/α-hetero) is 1. The van der Waals surface area contributed by atoms with E-state index in [4.69, 9.17) is 9.72 Å². The van der Waals surface area contributed by atoms with E-state index in [9.17, 15) is 14.8 Å². The van der Waals surface area contributed by atoms with Crippen LogP contribution in [0, 0.1) is 5.21 Å². The largest absolute Gasteiger partial charge is 0.632 e. The van der Waals surface area contributed by atoms with Gasteiger partial charge in [0.05, 0.1) is 44.0 Å². The van der Waals surface area contributed by atoms with Crippen LogP contribution < -0.4 is 10.3 Å². The van der Waals surface area contributed by atoms with E-state index in [1.807, 2.05) is 54.3 Å². The molecular weight excluding hydrogens is 532 g/mol. The molecule has 0 amide bonds. The van der Waals surface area contributed by atoms with Gasteiger partial charge in [0.2, 0.25) is 0 Å². The molecule has 0 aliphatic carbocycles. The summed E-state index contributed by atoms with van der Waals surface area (Å²) >= 11 is 0. The van der Waals surface area contributed by atoms with Gasteiger partial charge in [-0.3, -0.25) is 19.2 Å². The summed E-state index contributed by atoms with van der Waals surface area (Å²) in [4.78, 5) is 36.1. The van der Waals surface area contributed by atoms with Gasteiger partial charge in [-0.2, -0.15) is 5.10 Å². The lowest BCUT2D eigenvalue weighted by Gasteiger charge is -2.47. The number of carbonyl (C=O) groups excluding carboxylic acids is 1. The van der Waals surface area contributed by atoms with E-state index in [1.165, 1.54) is 0 Å². The van der Waals surface area contributed by atoms with Crippen molar-refractivity contribution in [1.29, 1.82) is 0 Å². The van der Waals surface area contributed by atoms with Crippen LogP contribution >= 0.6 is 0 Å². The zero-order valence-corrected chi connectivity index (χ0v) is 24.5. The van der Waals surface area contributed by atoms with Gasteiger partial charge in [-0.1, -0.05) is 49.8 Å². The Morgan fingerprint density at radius 2 is 1.90 bits per heavy atom. The van der Waals surface area contributed by atoms with Gasteiger partial charge in [0.25, 0.3) is 5.56 Å². The SMILES string of the molecule is CCCc1nn(C)c2c(=O)[nH]c(-c3cc(C(=O)CN4CC[N+]([O-])(CC=Cc5ccccc5)CC4)ccc3OCC)nc12. The highest BCUT2D eigenvalue weighted by Gasteiger charge is 2.26. The summed E-state index contributed by atoms with van der Waals surface area (Å²) in [6.07, 6.45) is 5.50. The fourth-order valence-corrected chi connectivity index (χ4v) is 5.40. The van der Waals surface area contributed by atoms with Crippen LogP contribution in [0.15, 0.2) is 59.4 Å². The molecule has 0 radical (unpaired) electrons. The van der Waals surface area contributed by atoms with E-state index in [0.717, 1.165) is 17.7 Å². The Kier molecular flexibility index (Phi) is 8.96. The van der Waals surface area contributed by atoms with E-state index >= 15 is 0 Å². The first-order valence-corrected chi connectivity index (χ1v) is 14.6.